The van der Waals surface area contributed by atoms with Crippen molar-refractivity contribution < 1.29 is 9.53 Å². The lowest BCUT2D eigenvalue weighted by atomic mass is 9.95. The van der Waals surface area contributed by atoms with E-state index in [-0.39, 0.29) is 12.0 Å². The molecule has 2 bridgehead atoms. The summed E-state index contributed by atoms with van der Waals surface area (Å²) in [4.78, 5) is 18.0. The highest BCUT2D eigenvalue weighted by atomic mass is 16.5. The number of hydrogen-bond donors (Lipinski definition) is 0. The van der Waals surface area contributed by atoms with Crippen LogP contribution in [0.3, 0.4) is 0 Å². The zero-order valence-corrected chi connectivity index (χ0v) is 13.2. The van der Waals surface area contributed by atoms with Crippen molar-refractivity contribution in [3.05, 3.63) is 36.0 Å². The van der Waals surface area contributed by atoms with Crippen molar-refractivity contribution in [1.29, 1.82) is 0 Å². The minimum atomic E-state index is -0.0475. The maximum Gasteiger partial charge on any atom is 0.225 e. The van der Waals surface area contributed by atoms with Gasteiger partial charge >= 0.3 is 0 Å². The largest absolute Gasteiger partial charge is 0.466 e. The Bertz CT molecular complexity index is 568. The number of carbonyl (C=O) groups excluding carboxylic acids is 1. The molecule has 5 nitrogen and oxygen atoms in total. The van der Waals surface area contributed by atoms with Crippen molar-refractivity contribution in [2.45, 2.75) is 31.9 Å². The molecule has 0 aliphatic carbocycles. The van der Waals surface area contributed by atoms with Crippen LogP contribution in [0.1, 0.15) is 19.8 Å². The maximum atomic E-state index is 11.5. The number of piperidine rings is 1. The van der Waals surface area contributed by atoms with E-state index >= 15 is 0 Å². The molecule has 4 atom stereocenters. The lowest BCUT2D eigenvalue weighted by Crippen LogP contribution is -2.44. The number of fused-ring (bicyclic) bond motifs is 3. The van der Waals surface area contributed by atoms with Crippen LogP contribution in [0.2, 0.25) is 0 Å². The molecule has 0 saturated carbocycles. The molecule has 1 amide bonds. The number of carbonyl (C=O) groups is 1. The Morgan fingerprint density at radius 1 is 1.41 bits per heavy atom. The van der Waals surface area contributed by atoms with Gasteiger partial charge in [-0.05, 0) is 31.4 Å². The highest BCUT2D eigenvalue weighted by molar-refractivity contribution is 5.74. The first-order valence-corrected chi connectivity index (χ1v) is 8.12. The molecule has 5 heteroatoms. The molecule has 0 aromatic heterocycles. The second-order valence-corrected chi connectivity index (χ2v) is 6.82. The van der Waals surface area contributed by atoms with Gasteiger partial charge in [0.1, 0.15) is 6.10 Å². The summed E-state index contributed by atoms with van der Waals surface area (Å²) in [6.07, 6.45) is 11.0. The topological polar surface area (TPSA) is 36.0 Å². The second-order valence-electron chi connectivity index (χ2n) is 6.82. The molecule has 2 unspecified atom stereocenters. The molecule has 0 aromatic carbocycles. The molecule has 4 aliphatic rings. The van der Waals surface area contributed by atoms with Gasteiger partial charge in [-0.1, -0.05) is 0 Å². The normalized spacial score (nSPS) is 35.6. The number of nitrogens with zero attached hydrogens (tertiary/aromatic N) is 3. The van der Waals surface area contributed by atoms with Gasteiger partial charge in [0.05, 0.1) is 0 Å². The standard InChI is InChI=1S/C17H23N3O2/c1-12(21)18(2)17-8-14-10-20(6-4-16(14)22-17)15-7-13-3-5-19(9-13)11-15/h4,6,8,10,13,15-16H,3,5,7,9,11H2,1-2H3/t13-,15-,16?/m1/s1. The fraction of sp³-hybridized carbons (Fsp3) is 0.588. The van der Waals surface area contributed by atoms with Crippen LogP contribution in [-0.4, -0.2) is 59.4 Å². The van der Waals surface area contributed by atoms with E-state index in [1.165, 1.54) is 25.9 Å². The molecule has 4 aliphatic heterocycles. The highest BCUT2D eigenvalue weighted by Gasteiger charge is 2.36. The van der Waals surface area contributed by atoms with Crippen LogP contribution >= 0.6 is 0 Å². The van der Waals surface area contributed by atoms with Crippen LogP contribution in [0.5, 0.6) is 0 Å². The molecule has 2 saturated heterocycles. The Labute approximate surface area is 131 Å². The Morgan fingerprint density at radius 2 is 2.27 bits per heavy atom. The van der Waals surface area contributed by atoms with Gasteiger partial charge in [0.25, 0.3) is 0 Å². The van der Waals surface area contributed by atoms with Gasteiger partial charge in [-0.25, -0.2) is 0 Å². The summed E-state index contributed by atoms with van der Waals surface area (Å²) >= 11 is 0. The monoisotopic (exact) mass is 301 g/mol. The van der Waals surface area contributed by atoms with E-state index in [1.807, 2.05) is 6.08 Å². The Kier molecular flexibility index (Phi) is 3.26. The Balaban J connectivity index is 1.51. The first kappa shape index (κ1) is 13.9. The van der Waals surface area contributed by atoms with Gasteiger partial charge in [0.2, 0.25) is 5.91 Å². The summed E-state index contributed by atoms with van der Waals surface area (Å²) in [5.74, 6) is 1.49. The third-order valence-electron chi connectivity index (χ3n) is 5.27. The molecular weight excluding hydrogens is 278 g/mol. The molecule has 0 aromatic rings. The summed E-state index contributed by atoms with van der Waals surface area (Å²) in [6.45, 7) is 5.24. The van der Waals surface area contributed by atoms with Gasteiger partial charge in [-0.3, -0.25) is 9.69 Å². The number of amides is 1. The van der Waals surface area contributed by atoms with E-state index in [0.29, 0.717) is 11.9 Å². The van der Waals surface area contributed by atoms with E-state index in [4.69, 9.17) is 4.74 Å². The number of hydrogen-bond acceptors (Lipinski definition) is 4. The predicted octanol–water partition coefficient (Wildman–Crippen LogP) is 1.51. The summed E-state index contributed by atoms with van der Waals surface area (Å²) in [7, 11) is 1.75. The summed E-state index contributed by atoms with van der Waals surface area (Å²) in [6, 6.07) is 0.564. The third-order valence-corrected chi connectivity index (χ3v) is 5.27. The second kappa shape index (κ2) is 5.16. The van der Waals surface area contributed by atoms with E-state index < -0.39 is 0 Å². The van der Waals surface area contributed by atoms with Crippen molar-refractivity contribution in [3.63, 3.8) is 0 Å². The van der Waals surface area contributed by atoms with Crippen LogP contribution in [-0.2, 0) is 9.53 Å². The Hall–Kier alpha value is -1.75. The van der Waals surface area contributed by atoms with Gasteiger partial charge in [0, 0.05) is 57.2 Å². The van der Waals surface area contributed by atoms with Crippen molar-refractivity contribution in [2.75, 3.05) is 26.7 Å². The average Bonchev–Trinajstić information content (AvgIpc) is 3.08. The minimum absolute atomic E-state index is 0.0111. The molecular formula is C17H23N3O2. The Morgan fingerprint density at radius 3 is 3.05 bits per heavy atom. The fourth-order valence-corrected chi connectivity index (χ4v) is 3.91. The fourth-order valence-electron chi connectivity index (χ4n) is 3.91. The molecule has 118 valence electrons. The lowest BCUT2D eigenvalue weighted by molar-refractivity contribution is -0.128. The summed E-state index contributed by atoms with van der Waals surface area (Å²) in [5, 5.41) is 0. The minimum Gasteiger partial charge on any atom is -0.466 e. The van der Waals surface area contributed by atoms with Crippen LogP contribution in [0.15, 0.2) is 36.0 Å². The number of rotatable bonds is 2. The van der Waals surface area contributed by atoms with Gasteiger partial charge < -0.3 is 14.5 Å². The first-order valence-electron chi connectivity index (χ1n) is 8.12. The van der Waals surface area contributed by atoms with Crippen LogP contribution in [0.25, 0.3) is 0 Å². The van der Waals surface area contributed by atoms with Gasteiger partial charge in [-0.15, -0.1) is 0 Å². The van der Waals surface area contributed by atoms with Crippen molar-refractivity contribution in [2.24, 2.45) is 5.92 Å². The summed E-state index contributed by atoms with van der Waals surface area (Å²) in [5.41, 5.74) is 1.14. The zero-order valence-electron chi connectivity index (χ0n) is 13.2. The van der Waals surface area contributed by atoms with Crippen molar-refractivity contribution >= 4 is 5.91 Å². The third kappa shape index (κ3) is 2.33. The quantitative estimate of drug-likeness (QED) is 0.775. The zero-order chi connectivity index (χ0) is 15.3. The lowest BCUT2D eigenvalue weighted by Gasteiger charge is -2.37. The molecule has 4 heterocycles. The molecule has 2 fully saturated rings. The molecule has 0 N–H and O–H groups in total. The van der Waals surface area contributed by atoms with Crippen LogP contribution in [0.4, 0.5) is 0 Å². The highest BCUT2D eigenvalue weighted by Crippen LogP contribution is 2.33. The number of ether oxygens (including phenoxy) is 1. The van der Waals surface area contributed by atoms with Crippen molar-refractivity contribution in [3.8, 4) is 0 Å². The SMILES string of the molecule is CC(=O)N(C)C1=CC2=CN([C@@H]3C[C@H]4CCN(C4)C3)C=CC2O1. The van der Waals surface area contributed by atoms with Crippen LogP contribution < -0.4 is 0 Å². The van der Waals surface area contributed by atoms with Crippen LogP contribution in [0, 0.1) is 5.92 Å². The molecule has 4 rings (SSSR count). The van der Waals surface area contributed by atoms with E-state index in [1.54, 1.807) is 18.9 Å². The van der Waals surface area contributed by atoms with Gasteiger partial charge in [0.15, 0.2) is 5.88 Å². The maximum absolute atomic E-state index is 11.5. The van der Waals surface area contributed by atoms with Crippen molar-refractivity contribution in [1.82, 2.24) is 14.7 Å². The van der Waals surface area contributed by atoms with E-state index in [9.17, 15) is 4.79 Å². The van der Waals surface area contributed by atoms with E-state index in [0.717, 1.165) is 18.0 Å². The average molecular weight is 301 g/mol. The van der Waals surface area contributed by atoms with Gasteiger partial charge in [-0.2, -0.15) is 0 Å². The molecule has 0 spiro atoms. The van der Waals surface area contributed by atoms with E-state index in [2.05, 4.69) is 28.3 Å². The molecule has 0 radical (unpaired) electrons. The predicted molar refractivity (Wildman–Crippen MR) is 83.4 cm³/mol. The first-order chi connectivity index (χ1) is 10.6. The smallest absolute Gasteiger partial charge is 0.225 e. The molecule has 22 heavy (non-hydrogen) atoms. The summed E-state index contributed by atoms with van der Waals surface area (Å²) < 4.78 is 5.85.